The molecule has 0 spiro atoms. The summed E-state index contributed by atoms with van der Waals surface area (Å²) in [5.74, 6) is 0.378. The minimum Gasteiger partial charge on any atom is -0.299 e. The van der Waals surface area contributed by atoms with Gasteiger partial charge in [0, 0.05) is 12.8 Å². The zero-order valence-corrected chi connectivity index (χ0v) is 11.8. The number of ketones is 1. The van der Waals surface area contributed by atoms with Gasteiger partial charge >= 0.3 is 0 Å². The highest BCUT2D eigenvalue weighted by Gasteiger charge is 2.17. The molecule has 0 bridgehead atoms. The third kappa shape index (κ3) is 5.95. The summed E-state index contributed by atoms with van der Waals surface area (Å²) in [5.41, 5.74) is 1.15. The molecule has 0 saturated heterocycles. The Morgan fingerprint density at radius 1 is 1.22 bits per heavy atom. The summed E-state index contributed by atoms with van der Waals surface area (Å²) in [5, 5.41) is 0. The fourth-order valence-corrected chi connectivity index (χ4v) is 2.41. The molecule has 1 nitrogen and oxygen atoms in total. The van der Waals surface area contributed by atoms with Gasteiger partial charge in [0.1, 0.15) is 11.6 Å². The highest BCUT2D eigenvalue weighted by molar-refractivity contribution is 5.81. The van der Waals surface area contributed by atoms with Crippen LogP contribution in [0.1, 0.15) is 46.1 Å². The Hall–Kier alpha value is -1.18. The van der Waals surface area contributed by atoms with Crippen molar-refractivity contribution in [1.82, 2.24) is 0 Å². The minimum absolute atomic E-state index is 0.235. The van der Waals surface area contributed by atoms with Crippen molar-refractivity contribution in [2.45, 2.75) is 47.0 Å². The lowest BCUT2D eigenvalue weighted by Crippen LogP contribution is -2.15. The zero-order valence-electron chi connectivity index (χ0n) is 11.8. The first-order chi connectivity index (χ1) is 8.26. The van der Waals surface area contributed by atoms with Gasteiger partial charge in [-0.2, -0.15) is 0 Å². The van der Waals surface area contributed by atoms with Gasteiger partial charge in [0.05, 0.1) is 0 Å². The number of Topliss-reactive ketones (excluding diaryl/α,β-unsaturated/α-hetero) is 1. The maximum Gasteiger partial charge on any atom is 0.137 e. The van der Waals surface area contributed by atoms with Crippen molar-refractivity contribution >= 4 is 5.78 Å². The summed E-state index contributed by atoms with van der Waals surface area (Å²) >= 11 is 0. The van der Waals surface area contributed by atoms with E-state index in [4.69, 9.17) is 0 Å². The third-order valence-electron chi connectivity index (χ3n) is 2.85. The summed E-state index contributed by atoms with van der Waals surface area (Å²) in [6.45, 7) is 8.68. The molecule has 0 aliphatic heterocycles. The molecule has 1 unspecified atom stereocenters. The average molecular weight is 250 g/mol. The van der Waals surface area contributed by atoms with E-state index in [0.29, 0.717) is 18.8 Å². The highest BCUT2D eigenvalue weighted by atomic mass is 19.1. The molecule has 1 atom stereocenters. The molecular weight excluding hydrogens is 227 g/mol. The molecule has 0 aromatic heterocycles. The summed E-state index contributed by atoms with van der Waals surface area (Å²) in [4.78, 5) is 11.9. The number of rotatable bonds is 5. The third-order valence-corrected chi connectivity index (χ3v) is 2.85. The highest BCUT2D eigenvalue weighted by Crippen LogP contribution is 2.26. The maximum atomic E-state index is 12.7. The lowest BCUT2D eigenvalue weighted by atomic mass is 9.83. The lowest BCUT2D eigenvalue weighted by molar-refractivity contribution is -0.119. The van der Waals surface area contributed by atoms with Gasteiger partial charge in [-0.1, -0.05) is 39.8 Å². The van der Waals surface area contributed by atoms with E-state index in [0.717, 1.165) is 12.0 Å². The van der Waals surface area contributed by atoms with Crippen LogP contribution in [0.5, 0.6) is 0 Å². The van der Waals surface area contributed by atoms with Gasteiger partial charge in [-0.25, -0.2) is 4.39 Å². The average Bonchev–Trinajstić information content (AvgIpc) is 2.18. The van der Waals surface area contributed by atoms with E-state index in [1.807, 2.05) is 0 Å². The fourth-order valence-electron chi connectivity index (χ4n) is 2.41. The smallest absolute Gasteiger partial charge is 0.137 e. The van der Waals surface area contributed by atoms with Crippen LogP contribution in [0.15, 0.2) is 24.3 Å². The molecule has 1 aromatic carbocycles. The van der Waals surface area contributed by atoms with Crippen molar-refractivity contribution < 1.29 is 9.18 Å². The van der Waals surface area contributed by atoms with Crippen molar-refractivity contribution in [3.8, 4) is 0 Å². The second-order valence-electron chi connectivity index (χ2n) is 6.42. The predicted molar refractivity (Wildman–Crippen MR) is 73.0 cm³/mol. The lowest BCUT2D eigenvalue weighted by Gasteiger charge is -2.22. The molecule has 0 aliphatic rings. The van der Waals surface area contributed by atoms with Gasteiger partial charge in [-0.05, 0) is 35.4 Å². The molecule has 1 rings (SSSR count). The summed E-state index contributed by atoms with van der Waals surface area (Å²) in [6, 6.07) is 6.17. The molecule has 100 valence electrons. The minimum atomic E-state index is -0.257. The van der Waals surface area contributed by atoms with Gasteiger partial charge in [-0.3, -0.25) is 4.79 Å². The molecular formula is C16H23FO. The number of hydrogen-bond donors (Lipinski definition) is 0. The fraction of sp³-hybridized carbons (Fsp3) is 0.562. The first-order valence-electron chi connectivity index (χ1n) is 6.52. The standard InChI is InChI=1S/C16H23FO/c1-12(11-16(2,3)4)9-15(18)10-13-5-7-14(17)8-6-13/h5-8,12H,9-11H2,1-4H3. The molecule has 1 aromatic rings. The van der Waals surface area contributed by atoms with E-state index in [9.17, 15) is 9.18 Å². The number of hydrogen-bond acceptors (Lipinski definition) is 1. The van der Waals surface area contributed by atoms with Gasteiger partial charge in [0.15, 0.2) is 0 Å². The summed E-state index contributed by atoms with van der Waals surface area (Å²) < 4.78 is 12.7. The van der Waals surface area contributed by atoms with E-state index >= 15 is 0 Å². The first-order valence-corrected chi connectivity index (χ1v) is 6.52. The van der Waals surface area contributed by atoms with Crippen LogP contribution in [0.3, 0.4) is 0 Å². The second kappa shape index (κ2) is 6.12. The van der Waals surface area contributed by atoms with Crippen molar-refractivity contribution in [3.63, 3.8) is 0 Å². The van der Waals surface area contributed by atoms with Crippen LogP contribution < -0.4 is 0 Å². The number of halogens is 1. The van der Waals surface area contributed by atoms with E-state index in [1.165, 1.54) is 12.1 Å². The largest absolute Gasteiger partial charge is 0.299 e. The topological polar surface area (TPSA) is 17.1 Å². The number of carbonyl (C=O) groups is 1. The van der Waals surface area contributed by atoms with E-state index in [-0.39, 0.29) is 17.0 Å². The SMILES string of the molecule is CC(CC(=O)Cc1ccc(F)cc1)CC(C)(C)C. The van der Waals surface area contributed by atoms with E-state index in [2.05, 4.69) is 27.7 Å². The van der Waals surface area contributed by atoms with Crippen LogP contribution in [0.4, 0.5) is 4.39 Å². The van der Waals surface area contributed by atoms with Gasteiger partial charge in [0.25, 0.3) is 0 Å². The van der Waals surface area contributed by atoms with Crippen LogP contribution in [-0.4, -0.2) is 5.78 Å². The Kier molecular flexibility index (Phi) is 5.06. The summed E-state index contributed by atoms with van der Waals surface area (Å²) in [7, 11) is 0. The quantitative estimate of drug-likeness (QED) is 0.757. The maximum absolute atomic E-state index is 12.7. The van der Waals surface area contributed by atoms with Crippen molar-refractivity contribution in [2.75, 3.05) is 0 Å². The molecule has 0 saturated carbocycles. The zero-order chi connectivity index (χ0) is 13.8. The van der Waals surface area contributed by atoms with Crippen LogP contribution in [0.2, 0.25) is 0 Å². The Morgan fingerprint density at radius 3 is 2.28 bits per heavy atom. The number of carbonyl (C=O) groups excluding carboxylic acids is 1. The molecule has 0 aliphatic carbocycles. The normalized spacial score (nSPS) is 13.4. The molecule has 0 radical (unpaired) electrons. The monoisotopic (exact) mass is 250 g/mol. The van der Waals surface area contributed by atoms with E-state index < -0.39 is 0 Å². The Morgan fingerprint density at radius 2 is 1.78 bits per heavy atom. The molecule has 0 N–H and O–H groups in total. The predicted octanol–water partition coefficient (Wildman–Crippen LogP) is 4.40. The van der Waals surface area contributed by atoms with E-state index in [1.54, 1.807) is 12.1 Å². The van der Waals surface area contributed by atoms with Crippen LogP contribution in [0, 0.1) is 17.2 Å². The summed E-state index contributed by atoms with van der Waals surface area (Å²) in [6.07, 6.45) is 2.06. The Bertz CT molecular complexity index is 387. The van der Waals surface area contributed by atoms with Crippen molar-refractivity contribution in [2.24, 2.45) is 11.3 Å². The van der Waals surface area contributed by atoms with Crippen LogP contribution in [-0.2, 0) is 11.2 Å². The Labute approximate surface area is 109 Å². The Balaban J connectivity index is 2.44. The molecule has 18 heavy (non-hydrogen) atoms. The second-order valence-corrected chi connectivity index (χ2v) is 6.42. The van der Waals surface area contributed by atoms with Gasteiger partial charge in [-0.15, -0.1) is 0 Å². The van der Waals surface area contributed by atoms with Crippen LogP contribution in [0.25, 0.3) is 0 Å². The van der Waals surface area contributed by atoms with Crippen molar-refractivity contribution in [3.05, 3.63) is 35.6 Å². The van der Waals surface area contributed by atoms with Crippen molar-refractivity contribution in [1.29, 1.82) is 0 Å². The number of benzene rings is 1. The van der Waals surface area contributed by atoms with Crippen LogP contribution >= 0.6 is 0 Å². The van der Waals surface area contributed by atoms with Gasteiger partial charge in [0.2, 0.25) is 0 Å². The molecule has 0 fully saturated rings. The molecule has 0 heterocycles. The first kappa shape index (κ1) is 14.9. The molecule has 0 amide bonds. The van der Waals surface area contributed by atoms with Gasteiger partial charge < -0.3 is 0 Å². The molecule has 2 heteroatoms.